The second-order valence-corrected chi connectivity index (χ2v) is 7.06. The maximum absolute atomic E-state index is 12.4. The number of amides is 1. The molecule has 0 radical (unpaired) electrons. The van der Waals surface area contributed by atoms with Crippen molar-refractivity contribution in [1.82, 2.24) is 10.6 Å². The van der Waals surface area contributed by atoms with Crippen molar-refractivity contribution in [1.29, 1.82) is 0 Å². The fourth-order valence-electron chi connectivity index (χ4n) is 4.27. The number of hydrogen-bond donors (Lipinski definition) is 2. The molecule has 19 heavy (non-hydrogen) atoms. The lowest BCUT2D eigenvalue weighted by molar-refractivity contribution is -0.124. The molecule has 2 aliphatic carbocycles. The first-order chi connectivity index (χ1) is 9.21. The van der Waals surface area contributed by atoms with Gasteiger partial charge in [0.2, 0.25) is 5.91 Å². The lowest BCUT2D eigenvalue weighted by Crippen LogP contribution is -2.41. The second-order valence-electron chi connectivity index (χ2n) is 7.06. The molecule has 3 aliphatic rings. The molecule has 2 N–H and O–H groups in total. The van der Waals surface area contributed by atoms with E-state index in [1.54, 1.807) is 0 Å². The van der Waals surface area contributed by atoms with E-state index in [1.165, 1.54) is 44.9 Å². The monoisotopic (exact) mass is 264 g/mol. The largest absolute Gasteiger partial charge is 0.353 e. The maximum atomic E-state index is 12.4. The van der Waals surface area contributed by atoms with Crippen LogP contribution >= 0.6 is 0 Å². The van der Waals surface area contributed by atoms with Gasteiger partial charge in [0.15, 0.2) is 0 Å². The van der Waals surface area contributed by atoms with Crippen LogP contribution in [0.4, 0.5) is 0 Å². The molecule has 2 unspecified atom stereocenters. The maximum Gasteiger partial charge on any atom is 0.223 e. The van der Waals surface area contributed by atoms with E-state index in [2.05, 4.69) is 17.6 Å². The summed E-state index contributed by atoms with van der Waals surface area (Å²) in [5.41, 5.74) is 0.377. The van der Waals surface area contributed by atoms with Crippen LogP contribution in [0.5, 0.6) is 0 Å². The Bertz CT molecular complexity index is 330. The number of rotatable bonds is 3. The lowest BCUT2D eigenvalue weighted by Gasteiger charge is -2.29. The first-order valence-electron chi connectivity index (χ1n) is 8.22. The van der Waals surface area contributed by atoms with E-state index in [0.717, 1.165) is 25.4 Å². The molecule has 1 heterocycles. The molecule has 2 saturated carbocycles. The molecule has 0 aromatic carbocycles. The molecule has 2 atom stereocenters. The van der Waals surface area contributed by atoms with Crippen LogP contribution in [0.3, 0.4) is 0 Å². The summed E-state index contributed by atoms with van der Waals surface area (Å²) in [6.07, 6.45) is 10.2. The number of piperidine rings is 1. The quantitative estimate of drug-likeness (QED) is 0.822. The van der Waals surface area contributed by atoms with Crippen LogP contribution in [0.25, 0.3) is 0 Å². The molecule has 1 aliphatic heterocycles. The highest BCUT2D eigenvalue weighted by atomic mass is 16.2. The molecule has 3 heteroatoms. The van der Waals surface area contributed by atoms with Crippen molar-refractivity contribution in [3.8, 4) is 0 Å². The van der Waals surface area contributed by atoms with Crippen molar-refractivity contribution in [2.24, 2.45) is 17.3 Å². The predicted molar refractivity (Wildman–Crippen MR) is 76.8 cm³/mol. The Kier molecular flexibility index (Phi) is 3.84. The second kappa shape index (κ2) is 5.43. The molecule has 0 aromatic heterocycles. The molecule has 108 valence electrons. The first kappa shape index (κ1) is 13.4. The third-order valence-corrected chi connectivity index (χ3v) is 5.83. The summed E-state index contributed by atoms with van der Waals surface area (Å²) in [6.45, 7) is 4.41. The van der Waals surface area contributed by atoms with Crippen molar-refractivity contribution in [3.63, 3.8) is 0 Å². The van der Waals surface area contributed by atoms with Crippen molar-refractivity contribution in [3.05, 3.63) is 0 Å². The normalized spacial score (nSPS) is 31.9. The standard InChI is InChI=1S/C16H28N2O/c1-12(13-5-3-2-4-6-13)18-15(19)14-11-16(14)7-9-17-10-8-16/h12-14,17H,2-11H2,1H3,(H,18,19). The van der Waals surface area contributed by atoms with E-state index in [4.69, 9.17) is 0 Å². The van der Waals surface area contributed by atoms with Gasteiger partial charge in [-0.2, -0.15) is 0 Å². The van der Waals surface area contributed by atoms with Crippen LogP contribution in [0.1, 0.15) is 58.3 Å². The van der Waals surface area contributed by atoms with Gasteiger partial charge in [0.05, 0.1) is 0 Å². The Balaban J connectivity index is 1.48. The zero-order chi connectivity index (χ0) is 13.3. The summed E-state index contributed by atoms with van der Waals surface area (Å²) in [4.78, 5) is 12.4. The summed E-state index contributed by atoms with van der Waals surface area (Å²) in [5.74, 6) is 1.39. The van der Waals surface area contributed by atoms with Gasteiger partial charge in [0.25, 0.3) is 0 Å². The molecule has 0 bridgehead atoms. The Morgan fingerprint density at radius 2 is 1.89 bits per heavy atom. The van der Waals surface area contributed by atoms with Gasteiger partial charge >= 0.3 is 0 Å². The SMILES string of the molecule is CC(NC(=O)C1CC12CCNCC2)C1CCCCC1. The summed E-state index contributed by atoms with van der Waals surface area (Å²) in [5, 5.41) is 6.72. The van der Waals surface area contributed by atoms with Gasteiger partial charge in [-0.3, -0.25) is 4.79 Å². The van der Waals surface area contributed by atoms with Crippen molar-refractivity contribution in [2.75, 3.05) is 13.1 Å². The van der Waals surface area contributed by atoms with E-state index in [1.807, 2.05) is 0 Å². The first-order valence-corrected chi connectivity index (χ1v) is 8.22. The Morgan fingerprint density at radius 1 is 1.21 bits per heavy atom. The molecule has 3 fully saturated rings. The van der Waals surface area contributed by atoms with Crippen LogP contribution in [0, 0.1) is 17.3 Å². The summed E-state index contributed by atoms with van der Waals surface area (Å²) in [6, 6.07) is 0.382. The predicted octanol–water partition coefficient (Wildman–Crippen LogP) is 2.46. The fraction of sp³-hybridized carbons (Fsp3) is 0.938. The molecule has 1 spiro atoms. The fourth-order valence-corrected chi connectivity index (χ4v) is 4.27. The van der Waals surface area contributed by atoms with Gasteiger partial charge in [0, 0.05) is 12.0 Å². The van der Waals surface area contributed by atoms with E-state index in [-0.39, 0.29) is 0 Å². The Labute approximate surface area is 116 Å². The molecule has 1 amide bonds. The summed E-state index contributed by atoms with van der Waals surface area (Å²) < 4.78 is 0. The average Bonchev–Trinajstić information content (AvgIpc) is 3.14. The number of hydrogen-bond acceptors (Lipinski definition) is 2. The molecular formula is C16H28N2O. The zero-order valence-electron chi connectivity index (χ0n) is 12.2. The highest BCUT2D eigenvalue weighted by molar-refractivity contribution is 5.82. The number of nitrogens with one attached hydrogen (secondary N) is 2. The third-order valence-electron chi connectivity index (χ3n) is 5.83. The number of carbonyl (C=O) groups is 1. The van der Waals surface area contributed by atoms with Gasteiger partial charge in [-0.1, -0.05) is 19.3 Å². The number of carbonyl (C=O) groups excluding carboxylic acids is 1. The smallest absolute Gasteiger partial charge is 0.223 e. The van der Waals surface area contributed by atoms with Crippen LogP contribution in [-0.4, -0.2) is 25.0 Å². The van der Waals surface area contributed by atoms with Gasteiger partial charge in [-0.15, -0.1) is 0 Å². The molecule has 0 aromatic rings. The van der Waals surface area contributed by atoms with E-state index >= 15 is 0 Å². The minimum Gasteiger partial charge on any atom is -0.353 e. The van der Waals surface area contributed by atoms with Gasteiger partial charge in [-0.25, -0.2) is 0 Å². The van der Waals surface area contributed by atoms with Crippen LogP contribution in [-0.2, 0) is 4.79 Å². The Morgan fingerprint density at radius 3 is 2.58 bits per heavy atom. The lowest BCUT2D eigenvalue weighted by atomic mass is 9.84. The third kappa shape index (κ3) is 2.81. The molecule has 3 rings (SSSR count). The summed E-state index contributed by atoms with van der Waals surface area (Å²) >= 11 is 0. The van der Waals surface area contributed by atoms with Crippen molar-refractivity contribution < 1.29 is 4.79 Å². The van der Waals surface area contributed by atoms with Gasteiger partial charge in [-0.05, 0) is 63.5 Å². The highest BCUT2D eigenvalue weighted by Gasteiger charge is 2.57. The minimum atomic E-state index is 0.320. The van der Waals surface area contributed by atoms with E-state index in [9.17, 15) is 4.79 Å². The zero-order valence-corrected chi connectivity index (χ0v) is 12.2. The van der Waals surface area contributed by atoms with Crippen LogP contribution < -0.4 is 10.6 Å². The van der Waals surface area contributed by atoms with E-state index < -0.39 is 0 Å². The van der Waals surface area contributed by atoms with Crippen molar-refractivity contribution >= 4 is 5.91 Å². The summed E-state index contributed by atoms with van der Waals surface area (Å²) in [7, 11) is 0. The van der Waals surface area contributed by atoms with Gasteiger partial charge in [0.1, 0.15) is 0 Å². The topological polar surface area (TPSA) is 41.1 Å². The molecule has 3 nitrogen and oxygen atoms in total. The van der Waals surface area contributed by atoms with Gasteiger partial charge < -0.3 is 10.6 Å². The van der Waals surface area contributed by atoms with Crippen LogP contribution in [0.2, 0.25) is 0 Å². The Hall–Kier alpha value is -0.570. The molecule has 1 saturated heterocycles. The molecular weight excluding hydrogens is 236 g/mol. The minimum absolute atomic E-state index is 0.320. The van der Waals surface area contributed by atoms with Crippen LogP contribution in [0.15, 0.2) is 0 Å². The van der Waals surface area contributed by atoms with Crippen molar-refractivity contribution in [2.45, 2.75) is 64.3 Å². The average molecular weight is 264 g/mol. The van der Waals surface area contributed by atoms with E-state index in [0.29, 0.717) is 23.3 Å². The highest BCUT2D eigenvalue weighted by Crippen LogP contribution is 2.58.